The number of carbonyl (C=O) groups excluding carboxylic acids is 1. The molecule has 140 valence electrons. The summed E-state index contributed by atoms with van der Waals surface area (Å²) in [7, 11) is 0. The standard InChI is InChI=1S/C20H36O3S/c1-2-3-4-5-6-7-8-9-10-11-12-13-14-15-16-17-18(21)19(24)20(22)23/h2-17H2,1H3,(H,22,23). The Kier molecular flexibility index (Phi) is 16.5. The van der Waals surface area contributed by atoms with Crippen molar-refractivity contribution in [2.75, 3.05) is 0 Å². The van der Waals surface area contributed by atoms with Gasteiger partial charge in [0.1, 0.15) is 0 Å². The summed E-state index contributed by atoms with van der Waals surface area (Å²) in [6, 6.07) is 0. The first-order valence-electron chi connectivity index (χ1n) is 9.90. The Bertz CT molecular complexity index is 353. The molecule has 0 fully saturated rings. The molecule has 0 aliphatic heterocycles. The second-order valence-corrected chi connectivity index (χ2v) is 7.17. The summed E-state index contributed by atoms with van der Waals surface area (Å²) in [5.74, 6) is -1.66. The molecule has 4 heteroatoms. The van der Waals surface area contributed by atoms with Crippen molar-refractivity contribution in [3.8, 4) is 0 Å². The van der Waals surface area contributed by atoms with Gasteiger partial charge >= 0.3 is 5.97 Å². The van der Waals surface area contributed by atoms with E-state index >= 15 is 0 Å². The van der Waals surface area contributed by atoms with Crippen LogP contribution in [0.3, 0.4) is 0 Å². The number of unbranched alkanes of at least 4 members (excludes halogenated alkanes) is 14. The molecule has 24 heavy (non-hydrogen) atoms. The Morgan fingerprint density at radius 2 is 1.00 bits per heavy atom. The molecule has 0 atom stereocenters. The van der Waals surface area contributed by atoms with Crippen LogP contribution in [0.1, 0.15) is 110 Å². The Morgan fingerprint density at radius 3 is 1.33 bits per heavy atom. The largest absolute Gasteiger partial charge is 0.477 e. The second-order valence-electron chi connectivity index (χ2n) is 6.76. The molecule has 0 unspecified atom stereocenters. The average Bonchev–Trinajstić information content (AvgIpc) is 2.57. The molecule has 0 radical (unpaired) electrons. The molecule has 0 spiro atoms. The molecular formula is C20H36O3S. The number of rotatable bonds is 18. The van der Waals surface area contributed by atoms with Crippen molar-refractivity contribution in [3.05, 3.63) is 0 Å². The number of thiocarbonyl (C=S) groups is 1. The number of carbonyl (C=O) groups is 2. The van der Waals surface area contributed by atoms with Crippen molar-refractivity contribution in [2.24, 2.45) is 0 Å². The third-order valence-corrected chi connectivity index (χ3v) is 4.86. The highest BCUT2D eigenvalue weighted by atomic mass is 32.1. The first-order chi connectivity index (χ1) is 11.6. The molecule has 0 aliphatic rings. The minimum Gasteiger partial charge on any atom is -0.477 e. The van der Waals surface area contributed by atoms with E-state index in [-0.39, 0.29) is 6.42 Å². The smallest absolute Gasteiger partial charge is 0.350 e. The third-order valence-electron chi connectivity index (χ3n) is 4.45. The number of carboxylic acid groups (broad SMARTS) is 1. The number of aliphatic carboxylic acids is 1. The maximum Gasteiger partial charge on any atom is 0.350 e. The van der Waals surface area contributed by atoms with Crippen molar-refractivity contribution < 1.29 is 14.7 Å². The molecule has 3 nitrogen and oxygen atoms in total. The third kappa shape index (κ3) is 14.8. The van der Waals surface area contributed by atoms with Gasteiger partial charge in [0, 0.05) is 6.42 Å². The molecule has 1 N–H and O–H groups in total. The van der Waals surface area contributed by atoms with Gasteiger partial charge in [-0.3, -0.25) is 4.79 Å². The van der Waals surface area contributed by atoms with E-state index in [0.29, 0.717) is 0 Å². The van der Waals surface area contributed by atoms with Gasteiger partial charge in [-0.25, -0.2) is 4.79 Å². The predicted octanol–water partition coefficient (Wildman–Crippen LogP) is 6.27. The summed E-state index contributed by atoms with van der Waals surface area (Å²) in [5.41, 5.74) is 0. The summed E-state index contributed by atoms with van der Waals surface area (Å²) in [4.78, 5) is 21.5. The zero-order valence-corrected chi connectivity index (χ0v) is 16.3. The molecule has 0 aromatic carbocycles. The summed E-state index contributed by atoms with van der Waals surface area (Å²) in [5, 5.41) is 8.62. The molecule has 0 aromatic heterocycles. The van der Waals surface area contributed by atoms with Gasteiger partial charge in [0.2, 0.25) is 0 Å². The lowest BCUT2D eigenvalue weighted by atomic mass is 10.0. The fourth-order valence-corrected chi connectivity index (χ4v) is 2.99. The van der Waals surface area contributed by atoms with Crippen LogP contribution in [0.2, 0.25) is 0 Å². The highest BCUT2D eigenvalue weighted by Gasteiger charge is 2.15. The van der Waals surface area contributed by atoms with Gasteiger partial charge in [-0.2, -0.15) is 0 Å². The molecule has 0 saturated heterocycles. The fraction of sp³-hybridized carbons (Fsp3) is 0.850. The summed E-state index contributed by atoms with van der Waals surface area (Å²) in [6.07, 6.45) is 19.4. The Labute approximate surface area is 153 Å². The van der Waals surface area contributed by atoms with Gasteiger partial charge in [-0.15, -0.1) is 0 Å². The second kappa shape index (κ2) is 17.1. The maximum absolute atomic E-state index is 11.4. The number of carboxylic acids is 1. The summed E-state index contributed by atoms with van der Waals surface area (Å²) >= 11 is 4.56. The molecule has 0 saturated carbocycles. The van der Waals surface area contributed by atoms with Crippen LogP contribution < -0.4 is 0 Å². The van der Waals surface area contributed by atoms with Crippen LogP contribution in [-0.2, 0) is 9.59 Å². The van der Waals surface area contributed by atoms with E-state index in [1.165, 1.54) is 77.0 Å². The molecule has 0 aliphatic carbocycles. The van der Waals surface area contributed by atoms with Crippen molar-refractivity contribution in [1.82, 2.24) is 0 Å². The maximum atomic E-state index is 11.4. The lowest BCUT2D eigenvalue weighted by Gasteiger charge is -2.03. The van der Waals surface area contributed by atoms with Gasteiger partial charge in [0.25, 0.3) is 0 Å². The van der Waals surface area contributed by atoms with Gasteiger partial charge < -0.3 is 5.11 Å². The lowest BCUT2D eigenvalue weighted by Crippen LogP contribution is -2.20. The molecule has 0 aromatic rings. The van der Waals surface area contributed by atoms with Gasteiger partial charge in [0.05, 0.1) is 0 Å². The lowest BCUT2D eigenvalue weighted by molar-refractivity contribution is -0.130. The Morgan fingerprint density at radius 1 is 0.667 bits per heavy atom. The molecule has 0 rings (SSSR count). The van der Waals surface area contributed by atoms with E-state index in [4.69, 9.17) is 5.11 Å². The topological polar surface area (TPSA) is 54.4 Å². The Hall–Kier alpha value is -0.770. The predicted molar refractivity (Wildman–Crippen MR) is 105 cm³/mol. The van der Waals surface area contributed by atoms with Crippen molar-refractivity contribution in [1.29, 1.82) is 0 Å². The zero-order valence-electron chi connectivity index (χ0n) is 15.5. The average molecular weight is 357 g/mol. The first-order valence-corrected chi connectivity index (χ1v) is 10.3. The van der Waals surface area contributed by atoms with Crippen molar-refractivity contribution in [2.45, 2.75) is 110 Å². The molecule has 0 heterocycles. The highest BCUT2D eigenvalue weighted by Crippen LogP contribution is 2.13. The van der Waals surface area contributed by atoms with E-state index in [1.54, 1.807) is 0 Å². The van der Waals surface area contributed by atoms with Crippen molar-refractivity contribution >= 4 is 28.8 Å². The van der Waals surface area contributed by atoms with Gasteiger partial charge in [-0.05, 0) is 6.42 Å². The van der Waals surface area contributed by atoms with Crippen LogP contribution in [0.5, 0.6) is 0 Å². The van der Waals surface area contributed by atoms with Crippen LogP contribution in [0.25, 0.3) is 0 Å². The van der Waals surface area contributed by atoms with Gasteiger partial charge in [0.15, 0.2) is 10.6 Å². The molecule has 0 amide bonds. The van der Waals surface area contributed by atoms with Crippen LogP contribution in [0, 0.1) is 0 Å². The number of ketones is 1. The van der Waals surface area contributed by atoms with Gasteiger partial charge in [-0.1, -0.05) is 109 Å². The van der Waals surface area contributed by atoms with Crippen molar-refractivity contribution in [3.63, 3.8) is 0 Å². The van der Waals surface area contributed by atoms with Crippen LogP contribution >= 0.6 is 12.2 Å². The SMILES string of the molecule is CCCCCCCCCCCCCCCCCC(=O)C(=S)C(=O)O. The van der Waals surface area contributed by atoms with E-state index in [0.717, 1.165) is 19.3 Å². The minimum absolute atomic E-state index is 0.281. The molecular weight excluding hydrogens is 320 g/mol. The van der Waals surface area contributed by atoms with Crippen LogP contribution in [-0.4, -0.2) is 21.7 Å². The van der Waals surface area contributed by atoms with E-state index in [9.17, 15) is 9.59 Å². The first kappa shape index (κ1) is 23.2. The minimum atomic E-state index is -1.27. The monoisotopic (exact) mass is 356 g/mol. The normalized spacial score (nSPS) is 10.7. The summed E-state index contributed by atoms with van der Waals surface area (Å²) < 4.78 is 0. The highest BCUT2D eigenvalue weighted by molar-refractivity contribution is 7.83. The number of hydrogen-bond acceptors (Lipinski definition) is 3. The number of Topliss-reactive ketones (excluding diaryl/α,β-unsaturated/α-hetero) is 1. The number of hydrogen-bond donors (Lipinski definition) is 1. The Balaban J connectivity index is 3.19. The zero-order chi connectivity index (χ0) is 18.0. The van der Waals surface area contributed by atoms with E-state index in [1.807, 2.05) is 0 Å². The van der Waals surface area contributed by atoms with E-state index < -0.39 is 16.6 Å². The summed E-state index contributed by atoms with van der Waals surface area (Å²) in [6.45, 7) is 2.26. The van der Waals surface area contributed by atoms with E-state index in [2.05, 4.69) is 19.1 Å². The fourth-order valence-electron chi connectivity index (χ4n) is 2.89. The van der Waals surface area contributed by atoms with Crippen LogP contribution in [0.15, 0.2) is 0 Å². The molecule has 0 bridgehead atoms. The quantitative estimate of drug-likeness (QED) is 0.179. The van der Waals surface area contributed by atoms with Crippen LogP contribution in [0.4, 0.5) is 0 Å².